The zero-order valence-electron chi connectivity index (χ0n) is 10.3. The monoisotopic (exact) mass is 245 g/mol. The van der Waals surface area contributed by atoms with Gasteiger partial charge in [0.25, 0.3) is 0 Å². The van der Waals surface area contributed by atoms with Crippen LogP contribution in [0.2, 0.25) is 0 Å². The third-order valence-electron chi connectivity index (χ3n) is 2.76. The van der Waals surface area contributed by atoms with Crippen LogP contribution in [0.3, 0.4) is 0 Å². The van der Waals surface area contributed by atoms with E-state index in [-0.39, 0.29) is 12.4 Å². The molecule has 0 aliphatic heterocycles. The van der Waals surface area contributed by atoms with Gasteiger partial charge in [0, 0.05) is 5.56 Å². The molecule has 2 nitrogen and oxygen atoms in total. The van der Waals surface area contributed by atoms with Crippen LogP contribution in [0.5, 0.6) is 5.75 Å². The number of hydrogen-bond donors (Lipinski definition) is 1. The average Bonchev–Trinajstić information content (AvgIpc) is 2.38. The van der Waals surface area contributed by atoms with Crippen LogP contribution in [0.25, 0.3) is 0 Å². The average molecular weight is 245 g/mol. The van der Waals surface area contributed by atoms with Crippen molar-refractivity contribution in [2.75, 3.05) is 6.61 Å². The first kappa shape index (κ1) is 12.6. The molecule has 0 radical (unpaired) electrons. The van der Waals surface area contributed by atoms with Crippen molar-refractivity contribution < 1.29 is 9.13 Å². The van der Waals surface area contributed by atoms with Crippen molar-refractivity contribution >= 4 is 0 Å². The molecule has 0 heterocycles. The van der Waals surface area contributed by atoms with Crippen LogP contribution in [0.15, 0.2) is 48.5 Å². The van der Waals surface area contributed by atoms with E-state index >= 15 is 0 Å². The summed E-state index contributed by atoms with van der Waals surface area (Å²) in [6.07, 6.45) is 0. The zero-order chi connectivity index (χ0) is 13.0. The molecule has 0 aliphatic rings. The van der Waals surface area contributed by atoms with E-state index in [0.29, 0.717) is 5.56 Å². The minimum Gasteiger partial charge on any atom is -0.492 e. The zero-order valence-corrected chi connectivity index (χ0v) is 10.3. The van der Waals surface area contributed by atoms with Crippen LogP contribution in [0.4, 0.5) is 4.39 Å². The van der Waals surface area contributed by atoms with Crippen molar-refractivity contribution in [3.8, 4) is 5.75 Å². The summed E-state index contributed by atoms with van der Waals surface area (Å²) in [5.41, 5.74) is 7.55. The molecule has 3 heteroatoms. The normalized spacial score (nSPS) is 12.2. The number of rotatable bonds is 4. The fourth-order valence-corrected chi connectivity index (χ4v) is 1.69. The first-order valence-corrected chi connectivity index (χ1v) is 5.86. The molecular weight excluding hydrogens is 229 g/mol. The predicted molar refractivity (Wildman–Crippen MR) is 70.0 cm³/mol. The Morgan fingerprint density at radius 3 is 2.44 bits per heavy atom. The second-order valence-corrected chi connectivity index (χ2v) is 4.25. The molecule has 0 saturated carbocycles. The summed E-state index contributed by atoms with van der Waals surface area (Å²) in [6.45, 7) is 2.26. The van der Waals surface area contributed by atoms with Gasteiger partial charge in [0.05, 0.1) is 6.04 Å². The molecule has 2 aromatic carbocycles. The number of nitrogens with two attached hydrogens (primary N) is 1. The van der Waals surface area contributed by atoms with Crippen molar-refractivity contribution in [1.82, 2.24) is 0 Å². The molecule has 1 atom stereocenters. The summed E-state index contributed by atoms with van der Waals surface area (Å²) in [5.74, 6) is 0.449. The number of aryl methyl sites for hydroxylation is 1. The van der Waals surface area contributed by atoms with Crippen LogP contribution in [0, 0.1) is 12.7 Å². The van der Waals surface area contributed by atoms with Gasteiger partial charge in [-0.1, -0.05) is 35.9 Å². The molecular formula is C15H16FNO. The molecule has 1 unspecified atom stereocenters. The molecule has 0 fully saturated rings. The van der Waals surface area contributed by atoms with Gasteiger partial charge in [0.2, 0.25) is 0 Å². The lowest BCUT2D eigenvalue weighted by Gasteiger charge is -2.14. The lowest BCUT2D eigenvalue weighted by Crippen LogP contribution is -2.20. The number of hydrogen-bond acceptors (Lipinski definition) is 2. The second kappa shape index (κ2) is 5.65. The van der Waals surface area contributed by atoms with Crippen molar-refractivity contribution in [2.24, 2.45) is 5.73 Å². The van der Waals surface area contributed by atoms with Gasteiger partial charge in [-0.2, -0.15) is 0 Å². The standard InChI is InChI=1S/C15H16FNO/c1-11-6-8-12(9-7-11)18-10-15(17)13-4-2-3-5-14(13)16/h2-9,15H,10,17H2,1H3. The summed E-state index contributed by atoms with van der Waals surface area (Å²) in [7, 11) is 0. The highest BCUT2D eigenvalue weighted by atomic mass is 19.1. The van der Waals surface area contributed by atoms with Gasteiger partial charge in [0.15, 0.2) is 0 Å². The van der Waals surface area contributed by atoms with E-state index in [1.165, 1.54) is 11.6 Å². The Morgan fingerprint density at radius 1 is 1.11 bits per heavy atom. The van der Waals surface area contributed by atoms with Crippen molar-refractivity contribution in [3.05, 3.63) is 65.5 Å². The molecule has 0 amide bonds. The summed E-state index contributed by atoms with van der Waals surface area (Å²) < 4.78 is 19.0. The third-order valence-corrected chi connectivity index (χ3v) is 2.76. The minimum atomic E-state index is -0.465. The van der Waals surface area contributed by atoms with E-state index in [1.807, 2.05) is 31.2 Å². The van der Waals surface area contributed by atoms with Gasteiger partial charge >= 0.3 is 0 Å². The first-order chi connectivity index (χ1) is 8.66. The van der Waals surface area contributed by atoms with E-state index in [2.05, 4.69) is 0 Å². The lowest BCUT2D eigenvalue weighted by molar-refractivity contribution is 0.288. The fraction of sp³-hybridized carbons (Fsp3) is 0.200. The number of benzene rings is 2. The Hall–Kier alpha value is -1.87. The first-order valence-electron chi connectivity index (χ1n) is 5.86. The molecule has 18 heavy (non-hydrogen) atoms. The Labute approximate surface area is 106 Å². The van der Waals surface area contributed by atoms with Gasteiger partial charge < -0.3 is 10.5 Å². The minimum absolute atomic E-state index is 0.254. The Kier molecular flexibility index (Phi) is 3.95. The summed E-state index contributed by atoms with van der Waals surface area (Å²) in [5, 5.41) is 0. The van der Waals surface area contributed by atoms with Gasteiger partial charge in [-0.15, -0.1) is 0 Å². The number of halogens is 1. The maximum atomic E-state index is 13.5. The van der Waals surface area contributed by atoms with Gasteiger partial charge in [-0.25, -0.2) is 4.39 Å². The maximum Gasteiger partial charge on any atom is 0.128 e. The van der Waals surface area contributed by atoms with E-state index < -0.39 is 6.04 Å². The van der Waals surface area contributed by atoms with Crippen molar-refractivity contribution in [2.45, 2.75) is 13.0 Å². The maximum absolute atomic E-state index is 13.5. The highest BCUT2D eigenvalue weighted by molar-refractivity contribution is 5.27. The summed E-state index contributed by atoms with van der Waals surface area (Å²) in [4.78, 5) is 0. The predicted octanol–water partition coefficient (Wildman–Crippen LogP) is 3.21. The molecule has 2 aromatic rings. The molecule has 0 saturated heterocycles. The van der Waals surface area contributed by atoms with Crippen LogP contribution in [-0.2, 0) is 0 Å². The van der Waals surface area contributed by atoms with Crippen LogP contribution in [0.1, 0.15) is 17.2 Å². The molecule has 2 rings (SSSR count). The fourth-order valence-electron chi connectivity index (χ4n) is 1.69. The van der Waals surface area contributed by atoms with Gasteiger partial charge in [-0.05, 0) is 25.1 Å². The largest absolute Gasteiger partial charge is 0.492 e. The SMILES string of the molecule is Cc1ccc(OCC(N)c2ccccc2F)cc1. The Bertz CT molecular complexity index is 510. The van der Waals surface area contributed by atoms with Crippen LogP contribution in [-0.4, -0.2) is 6.61 Å². The highest BCUT2D eigenvalue weighted by Crippen LogP contribution is 2.17. The lowest BCUT2D eigenvalue weighted by atomic mass is 10.1. The van der Waals surface area contributed by atoms with Gasteiger partial charge in [-0.3, -0.25) is 0 Å². The van der Waals surface area contributed by atoms with E-state index in [4.69, 9.17) is 10.5 Å². The summed E-state index contributed by atoms with van der Waals surface area (Å²) in [6, 6.07) is 13.7. The second-order valence-electron chi connectivity index (χ2n) is 4.25. The van der Waals surface area contributed by atoms with Crippen molar-refractivity contribution in [3.63, 3.8) is 0 Å². The topological polar surface area (TPSA) is 35.2 Å². The third kappa shape index (κ3) is 3.08. The van der Waals surface area contributed by atoms with Crippen LogP contribution < -0.4 is 10.5 Å². The molecule has 94 valence electrons. The van der Waals surface area contributed by atoms with E-state index in [1.54, 1.807) is 18.2 Å². The number of ether oxygens (including phenoxy) is 1. The molecule has 0 spiro atoms. The Morgan fingerprint density at radius 2 is 1.78 bits per heavy atom. The molecule has 0 bridgehead atoms. The highest BCUT2D eigenvalue weighted by Gasteiger charge is 2.11. The summed E-state index contributed by atoms with van der Waals surface area (Å²) >= 11 is 0. The molecule has 2 N–H and O–H groups in total. The quantitative estimate of drug-likeness (QED) is 0.897. The van der Waals surface area contributed by atoms with Gasteiger partial charge in [0.1, 0.15) is 18.2 Å². The smallest absolute Gasteiger partial charge is 0.128 e. The van der Waals surface area contributed by atoms with Crippen LogP contribution >= 0.6 is 0 Å². The molecule has 0 aliphatic carbocycles. The Balaban J connectivity index is 1.98. The molecule has 0 aromatic heterocycles. The van der Waals surface area contributed by atoms with E-state index in [9.17, 15) is 4.39 Å². The van der Waals surface area contributed by atoms with E-state index in [0.717, 1.165) is 5.75 Å². The van der Waals surface area contributed by atoms with Crippen molar-refractivity contribution in [1.29, 1.82) is 0 Å².